The molecule has 2 nitrogen and oxygen atoms in total. The van der Waals surface area contributed by atoms with Crippen molar-refractivity contribution in [3.05, 3.63) is 29.3 Å². The Morgan fingerprint density at radius 1 is 1.46 bits per heavy atom. The van der Waals surface area contributed by atoms with E-state index in [1.807, 2.05) is 0 Å². The van der Waals surface area contributed by atoms with E-state index in [-0.39, 0.29) is 5.56 Å². The molecular weight excluding hydrogens is 176 g/mol. The van der Waals surface area contributed by atoms with E-state index in [1.54, 1.807) is 6.92 Å². The van der Waals surface area contributed by atoms with E-state index in [9.17, 15) is 13.9 Å². The maximum atomic E-state index is 12.8. The molecule has 4 heteroatoms. The molecule has 0 aliphatic rings. The zero-order valence-corrected chi connectivity index (χ0v) is 7.22. The van der Waals surface area contributed by atoms with Crippen LogP contribution in [0.3, 0.4) is 0 Å². The lowest BCUT2D eigenvalue weighted by Crippen LogP contribution is -2.09. The quantitative estimate of drug-likeness (QED) is 0.744. The zero-order chi connectivity index (χ0) is 10.0. The molecule has 0 bridgehead atoms. The van der Waals surface area contributed by atoms with Crippen molar-refractivity contribution in [1.82, 2.24) is 0 Å². The fraction of sp³-hybridized carbons (Fsp3) is 0.333. The molecule has 13 heavy (non-hydrogen) atoms. The van der Waals surface area contributed by atoms with Crippen LogP contribution in [-0.4, -0.2) is 5.11 Å². The molecule has 0 radical (unpaired) electrons. The van der Waals surface area contributed by atoms with Crippen molar-refractivity contribution in [2.45, 2.75) is 19.4 Å². The number of hydrogen-bond donors (Lipinski definition) is 2. The third-order valence-corrected chi connectivity index (χ3v) is 1.94. The van der Waals surface area contributed by atoms with Crippen LogP contribution in [0.2, 0.25) is 0 Å². The molecule has 72 valence electrons. The van der Waals surface area contributed by atoms with Gasteiger partial charge in [0.2, 0.25) is 5.82 Å². The topological polar surface area (TPSA) is 46.2 Å². The second kappa shape index (κ2) is 3.70. The summed E-state index contributed by atoms with van der Waals surface area (Å²) in [7, 11) is 0. The number of aromatic hydroxyl groups is 1. The van der Waals surface area contributed by atoms with Gasteiger partial charge in [-0.25, -0.2) is 4.39 Å². The summed E-state index contributed by atoms with van der Waals surface area (Å²) in [6.07, 6.45) is 0.554. The molecule has 3 N–H and O–H groups in total. The molecule has 1 aromatic carbocycles. The van der Waals surface area contributed by atoms with Crippen molar-refractivity contribution in [2.75, 3.05) is 0 Å². The molecule has 0 aliphatic carbocycles. The highest BCUT2D eigenvalue weighted by atomic mass is 19.2. The van der Waals surface area contributed by atoms with E-state index in [0.717, 1.165) is 6.07 Å². The van der Waals surface area contributed by atoms with Crippen LogP contribution in [0.4, 0.5) is 8.78 Å². The highest BCUT2D eigenvalue weighted by molar-refractivity contribution is 5.36. The number of rotatable bonds is 2. The van der Waals surface area contributed by atoms with Gasteiger partial charge in [0.15, 0.2) is 11.6 Å². The van der Waals surface area contributed by atoms with E-state index in [2.05, 4.69) is 0 Å². The molecule has 1 atom stereocenters. The van der Waals surface area contributed by atoms with E-state index < -0.39 is 23.4 Å². The minimum Gasteiger partial charge on any atom is -0.505 e. The largest absolute Gasteiger partial charge is 0.505 e. The van der Waals surface area contributed by atoms with Gasteiger partial charge in [0.25, 0.3) is 0 Å². The molecule has 0 unspecified atom stereocenters. The maximum Gasteiger partial charge on any atom is 0.200 e. The SMILES string of the molecule is CC[C@H](N)c1ccc(F)c(F)c1O. The van der Waals surface area contributed by atoms with Gasteiger partial charge < -0.3 is 10.8 Å². The Hall–Kier alpha value is -1.16. The lowest BCUT2D eigenvalue weighted by molar-refractivity contribution is 0.396. The Morgan fingerprint density at radius 2 is 2.08 bits per heavy atom. The van der Waals surface area contributed by atoms with Crippen LogP contribution < -0.4 is 5.73 Å². The number of phenols is 1. The first kappa shape index (κ1) is 9.92. The number of nitrogens with two attached hydrogens (primary N) is 1. The Balaban J connectivity index is 3.18. The van der Waals surface area contributed by atoms with Crippen LogP contribution in [-0.2, 0) is 0 Å². The molecule has 0 spiro atoms. The van der Waals surface area contributed by atoms with E-state index in [1.165, 1.54) is 6.07 Å². The van der Waals surface area contributed by atoms with E-state index in [4.69, 9.17) is 5.73 Å². The van der Waals surface area contributed by atoms with Gasteiger partial charge in [0, 0.05) is 11.6 Å². The summed E-state index contributed by atoms with van der Waals surface area (Å²) in [6.45, 7) is 1.80. The molecule has 0 fully saturated rings. The van der Waals surface area contributed by atoms with Gasteiger partial charge in [-0.2, -0.15) is 4.39 Å². The average molecular weight is 187 g/mol. The second-order valence-electron chi connectivity index (χ2n) is 2.81. The third kappa shape index (κ3) is 1.78. The second-order valence-corrected chi connectivity index (χ2v) is 2.81. The smallest absolute Gasteiger partial charge is 0.200 e. The highest BCUT2D eigenvalue weighted by Gasteiger charge is 2.15. The van der Waals surface area contributed by atoms with Crippen molar-refractivity contribution < 1.29 is 13.9 Å². The van der Waals surface area contributed by atoms with Gasteiger partial charge in [-0.3, -0.25) is 0 Å². The van der Waals surface area contributed by atoms with Gasteiger partial charge in [-0.15, -0.1) is 0 Å². The van der Waals surface area contributed by atoms with Crippen LogP contribution >= 0.6 is 0 Å². The van der Waals surface area contributed by atoms with Crippen molar-refractivity contribution in [2.24, 2.45) is 5.73 Å². The van der Waals surface area contributed by atoms with Crippen LogP contribution in [0, 0.1) is 11.6 Å². The monoisotopic (exact) mass is 187 g/mol. The van der Waals surface area contributed by atoms with Gasteiger partial charge in [-0.1, -0.05) is 13.0 Å². The Bertz CT molecular complexity index is 315. The molecule has 0 amide bonds. The van der Waals surface area contributed by atoms with Crippen molar-refractivity contribution in [1.29, 1.82) is 0 Å². The highest BCUT2D eigenvalue weighted by Crippen LogP contribution is 2.28. The summed E-state index contributed by atoms with van der Waals surface area (Å²) in [5.41, 5.74) is 5.80. The van der Waals surface area contributed by atoms with Crippen LogP contribution in [0.25, 0.3) is 0 Å². The Morgan fingerprint density at radius 3 is 2.62 bits per heavy atom. The normalized spacial score (nSPS) is 12.9. The third-order valence-electron chi connectivity index (χ3n) is 1.94. The fourth-order valence-corrected chi connectivity index (χ4v) is 1.07. The Labute approximate surface area is 75.0 Å². The van der Waals surface area contributed by atoms with Crippen LogP contribution in [0.1, 0.15) is 24.9 Å². The standard InChI is InChI=1S/C9H11F2NO/c1-2-7(12)5-3-4-6(10)8(11)9(5)13/h3-4,7,13H,2,12H2,1H3/t7-/m0/s1. The lowest BCUT2D eigenvalue weighted by atomic mass is 10.0. The molecule has 1 rings (SSSR count). The predicted molar refractivity (Wildman–Crippen MR) is 45.2 cm³/mol. The molecule has 1 aromatic rings. The van der Waals surface area contributed by atoms with E-state index >= 15 is 0 Å². The summed E-state index contributed by atoms with van der Waals surface area (Å²) in [4.78, 5) is 0. The minimum atomic E-state index is -1.23. The maximum absolute atomic E-state index is 12.8. The number of halogens is 2. The van der Waals surface area contributed by atoms with Crippen molar-refractivity contribution in [3.63, 3.8) is 0 Å². The van der Waals surface area contributed by atoms with Gasteiger partial charge in [0.05, 0.1) is 0 Å². The number of benzene rings is 1. The molecule has 0 saturated heterocycles. The molecule has 0 aromatic heterocycles. The average Bonchev–Trinajstić information content (AvgIpc) is 2.13. The zero-order valence-electron chi connectivity index (χ0n) is 7.22. The Kier molecular flexibility index (Phi) is 2.83. The van der Waals surface area contributed by atoms with Crippen LogP contribution in [0.15, 0.2) is 12.1 Å². The number of phenolic OH excluding ortho intramolecular Hbond substituents is 1. The first-order valence-corrected chi connectivity index (χ1v) is 4.00. The first-order valence-electron chi connectivity index (χ1n) is 4.00. The van der Waals surface area contributed by atoms with Crippen molar-refractivity contribution >= 4 is 0 Å². The van der Waals surface area contributed by atoms with E-state index in [0.29, 0.717) is 6.42 Å². The van der Waals surface area contributed by atoms with Gasteiger partial charge in [0.1, 0.15) is 0 Å². The van der Waals surface area contributed by atoms with Gasteiger partial charge >= 0.3 is 0 Å². The summed E-state index contributed by atoms with van der Waals surface area (Å²) in [6, 6.07) is 1.79. The summed E-state index contributed by atoms with van der Waals surface area (Å²) in [5.74, 6) is -2.99. The predicted octanol–water partition coefficient (Wildman–Crippen LogP) is 2.08. The lowest BCUT2D eigenvalue weighted by Gasteiger charge is -2.11. The summed E-state index contributed by atoms with van der Waals surface area (Å²) in [5, 5.41) is 9.18. The molecule has 0 aliphatic heterocycles. The molecular formula is C9H11F2NO. The molecule has 0 heterocycles. The fourth-order valence-electron chi connectivity index (χ4n) is 1.07. The molecule has 0 saturated carbocycles. The van der Waals surface area contributed by atoms with Gasteiger partial charge in [-0.05, 0) is 12.5 Å². The summed E-state index contributed by atoms with van der Waals surface area (Å²) < 4.78 is 25.4. The summed E-state index contributed by atoms with van der Waals surface area (Å²) >= 11 is 0. The van der Waals surface area contributed by atoms with Crippen LogP contribution in [0.5, 0.6) is 5.75 Å². The number of hydrogen-bond acceptors (Lipinski definition) is 2. The van der Waals surface area contributed by atoms with Crippen molar-refractivity contribution in [3.8, 4) is 5.75 Å². The minimum absolute atomic E-state index is 0.237. The first-order chi connectivity index (χ1) is 6.07.